The maximum atomic E-state index is 11.4. The Balaban J connectivity index is 4.10. The lowest BCUT2D eigenvalue weighted by Gasteiger charge is -2.15. The number of ether oxygens (including phenoxy) is 1. The molecule has 0 saturated carbocycles. The van der Waals surface area contributed by atoms with Crippen molar-refractivity contribution in [3.63, 3.8) is 0 Å². The van der Waals surface area contributed by atoms with Crippen molar-refractivity contribution in [1.29, 1.82) is 0 Å². The molecule has 0 rings (SSSR count). The van der Waals surface area contributed by atoms with Crippen LogP contribution < -0.4 is 10.6 Å². The van der Waals surface area contributed by atoms with Crippen LogP contribution in [0.1, 0.15) is 6.42 Å². The first-order valence-corrected chi connectivity index (χ1v) is 5.34. The van der Waals surface area contributed by atoms with Gasteiger partial charge in [-0.3, -0.25) is 4.79 Å². The van der Waals surface area contributed by atoms with Gasteiger partial charge in [-0.2, -0.15) is 0 Å². The molecular weight excluding hydrogens is 242 g/mol. The van der Waals surface area contributed by atoms with Gasteiger partial charge in [0.2, 0.25) is 5.91 Å². The number of rotatable bonds is 7. The number of carboxylic acid groups (broad SMARTS) is 1. The Morgan fingerprint density at radius 2 is 1.94 bits per heavy atom. The van der Waals surface area contributed by atoms with Crippen molar-refractivity contribution in [2.24, 2.45) is 0 Å². The Kier molecular flexibility index (Phi) is 7.45. The molecule has 104 valence electrons. The predicted octanol–water partition coefficient (Wildman–Crippen LogP) is -1.14. The summed E-state index contributed by atoms with van der Waals surface area (Å²) in [7, 11) is 4.55. The highest BCUT2D eigenvalue weighted by Crippen LogP contribution is 1.93. The molecule has 8 heteroatoms. The molecule has 3 amide bonds. The standard InChI is InChI=1S/C10H19N3O5/c1-13(2)8(14)6-11-10(17)12-7(9(15)16)4-5-18-3/h7H,4-6H2,1-3H3,(H,15,16)(H2,11,12,17). The van der Waals surface area contributed by atoms with Crippen LogP contribution in [0.5, 0.6) is 0 Å². The number of hydrogen-bond donors (Lipinski definition) is 3. The Morgan fingerprint density at radius 1 is 1.33 bits per heavy atom. The van der Waals surface area contributed by atoms with E-state index in [4.69, 9.17) is 9.84 Å². The predicted molar refractivity (Wildman–Crippen MR) is 63.1 cm³/mol. The Labute approximate surface area is 105 Å². The quantitative estimate of drug-likeness (QED) is 0.537. The molecule has 0 aromatic carbocycles. The minimum Gasteiger partial charge on any atom is -0.480 e. The number of carboxylic acids is 1. The number of carbonyl (C=O) groups is 3. The summed E-state index contributed by atoms with van der Waals surface area (Å²) in [6.45, 7) is 0.0311. The highest BCUT2D eigenvalue weighted by molar-refractivity contribution is 5.86. The minimum atomic E-state index is -1.15. The fourth-order valence-corrected chi connectivity index (χ4v) is 1.02. The molecule has 18 heavy (non-hydrogen) atoms. The summed E-state index contributed by atoms with van der Waals surface area (Å²) in [5.74, 6) is -1.44. The van der Waals surface area contributed by atoms with Crippen molar-refractivity contribution in [1.82, 2.24) is 15.5 Å². The number of carbonyl (C=O) groups excluding carboxylic acids is 2. The topological polar surface area (TPSA) is 108 Å². The number of amides is 3. The van der Waals surface area contributed by atoms with Crippen LogP contribution in [0.2, 0.25) is 0 Å². The van der Waals surface area contributed by atoms with E-state index in [2.05, 4.69) is 10.6 Å². The van der Waals surface area contributed by atoms with Gasteiger partial charge in [0.05, 0.1) is 6.54 Å². The molecule has 0 heterocycles. The highest BCUT2D eigenvalue weighted by Gasteiger charge is 2.19. The lowest BCUT2D eigenvalue weighted by molar-refractivity contribution is -0.139. The van der Waals surface area contributed by atoms with Crippen molar-refractivity contribution in [3.8, 4) is 0 Å². The fraction of sp³-hybridized carbons (Fsp3) is 0.700. The molecule has 1 unspecified atom stereocenters. The number of nitrogens with zero attached hydrogens (tertiary/aromatic N) is 1. The van der Waals surface area contributed by atoms with Gasteiger partial charge in [-0.15, -0.1) is 0 Å². The number of urea groups is 1. The van der Waals surface area contributed by atoms with E-state index < -0.39 is 18.0 Å². The van der Waals surface area contributed by atoms with Gasteiger partial charge in [0, 0.05) is 34.2 Å². The zero-order chi connectivity index (χ0) is 14.1. The van der Waals surface area contributed by atoms with Gasteiger partial charge in [-0.1, -0.05) is 0 Å². The van der Waals surface area contributed by atoms with Crippen LogP contribution in [0, 0.1) is 0 Å². The van der Waals surface area contributed by atoms with Gasteiger partial charge in [-0.25, -0.2) is 9.59 Å². The van der Waals surface area contributed by atoms with E-state index in [-0.39, 0.29) is 25.5 Å². The van der Waals surface area contributed by atoms with Crippen molar-refractivity contribution in [2.45, 2.75) is 12.5 Å². The van der Waals surface area contributed by atoms with Crippen LogP contribution in [0.4, 0.5) is 4.79 Å². The van der Waals surface area contributed by atoms with Crippen molar-refractivity contribution < 1.29 is 24.2 Å². The SMILES string of the molecule is COCCC(NC(=O)NCC(=O)N(C)C)C(=O)O. The fourth-order valence-electron chi connectivity index (χ4n) is 1.02. The van der Waals surface area contributed by atoms with Crippen molar-refractivity contribution >= 4 is 17.9 Å². The molecule has 8 nitrogen and oxygen atoms in total. The Morgan fingerprint density at radius 3 is 2.39 bits per heavy atom. The summed E-state index contributed by atoms with van der Waals surface area (Å²) in [5, 5.41) is 13.4. The first kappa shape index (κ1) is 16.2. The van der Waals surface area contributed by atoms with Crippen molar-refractivity contribution in [2.75, 3.05) is 34.4 Å². The van der Waals surface area contributed by atoms with Crippen LogP contribution >= 0.6 is 0 Å². The molecule has 0 aromatic rings. The average Bonchev–Trinajstić information content (AvgIpc) is 2.30. The summed E-state index contributed by atoms with van der Waals surface area (Å²) in [6, 6.07) is -1.74. The summed E-state index contributed by atoms with van der Waals surface area (Å²) < 4.78 is 4.74. The van der Waals surface area contributed by atoms with Gasteiger partial charge in [0.1, 0.15) is 6.04 Å². The van der Waals surface area contributed by atoms with E-state index in [1.807, 2.05) is 0 Å². The molecule has 0 aliphatic carbocycles. The van der Waals surface area contributed by atoms with Crippen LogP contribution in [0.3, 0.4) is 0 Å². The van der Waals surface area contributed by atoms with E-state index in [1.165, 1.54) is 12.0 Å². The molecule has 0 spiro atoms. The molecule has 0 radical (unpaired) electrons. The third-order valence-corrected chi connectivity index (χ3v) is 2.11. The largest absolute Gasteiger partial charge is 0.480 e. The van der Waals surface area contributed by atoms with Gasteiger partial charge in [0.15, 0.2) is 0 Å². The number of likely N-dealkylation sites (N-methyl/N-ethyl adjacent to an activating group) is 1. The van der Waals surface area contributed by atoms with E-state index in [0.29, 0.717) is 0 Å². The monoisotopic (exact) mass is 261 g/mol. The number of methoxy groups -OCH3 is 1. The molecule has 0 saturated heterocycles. The maximum absolute atomic E-state index is 11.4. The normalized spacial score (nSPS) is 11.5. The van der Waals surface area contributed by atoms with Crippen LogP contribution in [0.25, 0.3) is 0 Å². The van der Waals surface area contributed by atoms with Crippen molar-refractivity contribution in [3.05, 3.63) is 0 Å². The molecular formula is C10H19N3O5. The average molecular weight is 261 g/mol. The zero-order valence-electron chi connectivity index (χ0n) is 10.7. The van der Waals surface area contributed by atoms with Crippen LogP contribution in [-0.2, 0) is 14.3 Å². The second-order valence-electron chi connectivity index (χ2n) is 3.79. The molecule has 0 aliphatic rings. The molecule has 0 aliphatic heterocycles. The number of hydrogen-bond acceptors (Lipinski definition) is 4. The van der Waals surface area contributed by atoms with Gasteiger partial charge >= 0.3 is 12.0 Å². The lowest BCUT2D eigenvalue weighted by atomic mass is 10.2. The van der Waals surface area contributed by atoms with E-state index in [1.54, 1.807) is 14.1 Å². The third-order valence-electron chi connectivity index (χ3n) is 2.11. The minimum absolute atomic E-state index is 0.154. The Hall–Kier alpha value is -1.83. The summed E-state index contributed by atoms with van der Waals surface area (Å²) in [5.41, 5.74) is 0. The molecule has 0 aromatic heterocycles. The third kappa shape index (κ3) is 6.69. The molecule has 0 fully saturated rings. The second-order valence-corrected chi connectivity index (χ2v) is 3.79. The first-order valence-electron chi connectivity index (χ1n) is 5.34. The van der Waals surface area contributed by atoms with E-state index >= 15 is 0 Å². The smallest absolute Gasteiger partial charge is 0.326 e. The van der Waals surface area contributed by atoms with Gasteiger partial charge < -0.3 is 25.4 Å². The van der Waals surface area contributed by atoms with E-state index in [9.17, 15) is 14.4 Å². The van der Waals surface area contributed by atoms with Gasteiger partial charge in [-0.05, 0) is 0 Å². The van der Waals surface area contributed by atoms with E-state index in [0.717, 1.165) is 0 Å². The maximum Gasteiger partial charge on any atom is 0.326 e. The molecule has 1 atom stereocenters. The van der Waals surface area contributed by atoms with Crippen LogP contribution in [-0.4, -0.2) is 68.3 Å². The number of nitrogens with one attached hydrogen (secondary N) is 2. The summed E-state index contributed by atoms with van der Waals surface area (Å²) >= 11 is 0. The zero-order valence-corrected chi connectivity index (χ0v) is 10.7. The second kappa shape index (κ2) is 8.29. The highest BCUT2D eigenvalue weighted by atomic mass is 16.5. The van der Waals surface area contributed by atoms with Crippen LogP contribution in [0.15, 0.2) is 0 Å². The number of aliphatic carboxylic acids is 1. The summed E-state index contributed by atoms with van der Waals surface area (Å²) in [6.07, 6.45) is 0.154. The van der Waals surface area contributed by atoms with Gasteiger partial charge in [0.25, 0.3) is 0 Å². The molecule has 3 N–H and O–H groups in total. The summed E-state index contributed by atoms with van der Waals surface area (Å²) in [4.78, 5) is 34.7. The lowest BCUT2D eigenvalue weighted by Crippen LogP contribution is -2.48. The first-order chi connectivity index (χ1) is 8.38. The molecule has 0 bridgehead atoms. The Bertz CT molecular complexity index is 306.